The van der Waals surface area contributed by atoms with Gasteiger partial charge < -0.3 is 19.5 Å². The van der Waals surface area contributed by atoms with Crippen LogP contribution in [0.25, 0.3) is 22.2 Å². The second kappa shape index (κ2) is 9.17. The number of fused-ring (bicyclic) bond motifs is 1. The molecule has 0 saturated carbocycles. The molecule has 4 rings (SSSR count). The maximum absolute atomic E-state index is 12.5. The van der Waals surface area contributed by atoms with E-state index in [1.165, 1.54) is 0 Å². The van der Waals surface area contributed by atoms with Crippen molar-refractivity contribution in [1.29, 1.82) is 0 Å². The van der Waals surface area contributed by atoms with Crippen LogP contribution in [0, 0.1) is 0 Å². The molecule has 8 nitrogen and oxygen atoms in total. The summed E-state index contributed by atoms with van der Waals surface area (Å²) in [6, 6.07) is 16.7. The lowest BCUT2D eigenvalue weighted by Crippen LogP contribution is -2.28. The molecule has 2 heterocycles. The smallest absolute Gasteiger partial charge is 0.269 e. The normalized spacial score (nSPS) is 10.6. The Bertz CT molecular complexity index is 1200. The van der Waals surface area contributed by atoms with Gasteiger partial charge in [-0.2, -0.15) is 5.10 Å². The number of H-pyrrole nitrogens is 1. The van der Waals surface area contributed by atoms with Gasteiger partial charge in [0.15, 0.2) is 0 Å². The van der Waals surface area contributed by atoms with Gasteiger partial charge in [0, 0.05) is 17.1 Å². The number of nitrogens with zero attached hydrogens (tertiary/aromatic N) is 2. The van der Waals surface area contributed by atoms with E-state index in [1.807, 2.05) is 36.4 Å². The molecule has 0 saturated heterocycles. The van der Waals surface area contributed by atoms with Crippen molar-refractivity contribution in [3.63, 3.8) is 0 Å². The highest BCUT2D eigenvalue weighted by atomic mass is 16.5. The van der Waals surface area contributed by atoms with Gasteiger partial charge in [-0.15, -0.1) is 0 Å². The van der Waals surface area contributed by atoms with E-state index in [0.29, 0.717) is 41.8 Å². The van der Waals surface area contributed by atoms with Gasteiger partial charge in [0.2, 0.25) is 0 Å². The molecule has 0 bridgehead atoms. The van der Waals surface area contributed by atoms with E-state index in [4.69, 9.17) is 14.2 Å². The third-order valence-corrected chi connectivity index (χ3v) is 4.75. The number of aromatic amines is 1. The summed E-state index contributed by atoms with van der Waals surface area (Å²) >= 11 is 0. The number of hydrogen-bond donors (Lipinski definition) is 2. The fourth-order valence-corrected chi connectivity index (χ4v) is 3.20. The molecule has 158 valence electrons. The molecule has 1 amide bonds. The average Bonchev–Trinajstić information content (AvgIpc) is 3.31. The number of aromatic nitrogens is 3. The van der Waals surface area contributed by atoms with E-state index in [-0.39, 0.29) is 5.91 Å². The summed E-state index contributed by atoms with van der Waals surface area (Å²) in [4.78, 5) is 16.8. The standard InChI is InChI=1S/C23H22N4O4/c1-29-16-8-9-20(30-2)17(13-16)18-14-19(27-26-18)23(28)25-11-12-31-21-7-3-5-15-6-4-10-24-22(15)21/h3-10,13-14H,11-12H2,1-2H3,(H,25,28)(H,26,27). The minimum Gasteiger partial charge on any atom is -0.497 e. The summed E-state index contributed by atoms with van der Waals surface area (Å²) in [7, 11) is 3.17. The highest BCUT2D eigenvalue weighted by Gasteiger charge is 2.15. The topological polar surface area (TPSA) is 98.4 Å². The molecule has 31 heavy (non-hydrogen) atoms. The van der Waals surface area contributed by atoms with E-state index in [0.717, 1.165) is 16.5 Å². The largest absolute Gasteiger partial charge is 0.497 e. The van der Waals surface area contributed by atoms with Crippen LogP contribution in [0.15, 0.2) is 60.8 Å². The van der Waals surface area contributed by atoms with Crippen molar-refractivity contribution in [2.45, 2.75) is 0 Å². The van der Waals surface area contributed by atoms with Gasteiger partial charge in [0.05, 0.1) is 26.5 Å². The Labute approximate surface area is 179 Å². The zero-order valence-corrected chi connectivity index (χ0v) is 17.2. The molecule has 0 radical (unpaired) electrons. The van der Waals surface area contributed by atoms with Crippen LogP contribution in [-0.4, -0.2) is 48.5 Å². The first-order valence-corrected chi connectivity index (χ1v) is 9.72. The lowest BCUT2D eigenvalue weighted by atomic mass is 10.1. The Hall–Kier alpha value is -4.07. The molecule has 0 unspecified atom stereocenters. The Morgan fingerprint density at radius 3 is 2.74 bits per heavy atom. The Morgan fingerprint density at radius 2 is 1.90 bits per heavy atom. The van der Waals surface area contributed by atoms with Gasteiger partial charge in [0.25, 0.3) is 5.91 Å². The van der Waals surface area contributed by atoms with Crippen LogP contribution < -0.4 is 19.5 Å². The maximum atomic E-state index is 12.5. The average molecular weight is 418 g/mol. The van der Waals surface area contributed by atoms with E-state index in [9.17, 15) is 4.79 Å². The molecular weight excluding hydrogens is 396 g/mol. The van der Waals surface area contributed by atoms with E-state index >= 15 is 0 Å². The highest BCUT2D eigenvalue weighted by Crippen LogP contribution is 2.32. The van der Waals surface area contributed by atoms with Crippen LogP contribution >= 0.6 is 0 Å². The summed E-state index contributed by atoms with van der Waals surface area (Å²) < 4.78 is 16.5. The number of ether oxygens (including phenoxy) is 3. The monoisotopic (exact) mass is 418 g/mol. The van der Waals surface area contributed by atoms with E-state index < -0.39 is 0 Å². The molecule has 0 atom stereocenters. The third kappa shape index (κ3) is 4.42. The van der Waals surface area contributed by atoms with Crippen LogP contribution in [0.2, 0.25) is 0 Å². The number of amides is 1. The molecule has 2 N–H and O–H groups in total. The molecule has 4 aromatic rings. The van der Waals surface area contributed by atoms with Crippen LogP contribution in [0.1, 0.15) is 10.5 Å². The molecule has 2 aromatic carbocycles. The van der Waals surface area contributed by atoms with Crippen LogP contribution in [0.5, 0.6) is 17.2 Å². The van der Waals surface area contributed by atoms with Crippen molar-refractivity contribution in [3.05, 3.63) is 66.5 Å². The number of carbonyl (C=O) groups excluding carboxylic acids is 1. The molecule has 0 aliphatic carbocycles. The SMILES string of the molecule is COc1ccc(OC)c(-c2cc(C(=O)NCCOc3cccc4cccnc34)[nH]n2)c1. The Kier molecular flexibility index (Phi) is 5.98. The number of para-hydroxylation sites is 1. The quantitative estimate of drug-likeness (QED) is 0.425. The number of rotatable bonds is 8. The first kappa shape index (κ1) is 20.2. The van der Waals surface area contributed by atoms with Crippen molar-refractivity contribution in [2.24, 2.45) is 0 Å². The van der Waals surface area contributed by atoms with Crippen molar-refractivity contribution in [1.82, 2.24) is 20.5 Å². The summed E-state index contributed by atoms with van der Waals surface area (Å²) in [5.41, 5.74) is 2.44. The molecule has 8 heteroatoms. The highest BCUT2D eigenvalue weighted by molar-refractivity contribution is 5.93. The van der Waals surface area contributed by atoms with E-state index in [1.54, 1.807) is 38.6 Å². The first-order chi connectivity index (χ1) is 15.2. The number of nitrogens with one attached hydrogen (secondary N) is 2. The summed E-state index contributed by atoms with van der Waals surface area (Å²) in [5, 5.41) is 10.8. The zero-order valence-electron chi connectivity index (χ0n) is 17.2. The van der Waals surface area contributed by atoms with Gasteiger partial charge in [0.1, 0.15) is 35.1 Å². The summed E-state index contributed by atoms with van der Waals surface area (Å²) in [6.07, 6.45) is 1.73. The minimum absolute atomic E-state index is 0.278. The fraction of sp³-hybridized carbons (Fsp3) is 0.174. The molecule has 0 aliphatic heterocycles. The van der Waals surface area contributed by atoms with Gasteiger partial charge in [-0.3, -0.25) is 14.9 Å². The lowest BCUT2D eigenvalue weighted by Gasteiger charge is -2.09. The molecule has 0 aliphatic rings. The fourth-order valence-electron chi connectivity index (χ4n) is 3.20. The summed E-state index contributed by atoms with van der Waals surface area (Å²) in [6.45, 7) is 0.644. The lowest BCUT2D eigenvalue weighted by molar-refractivity contribution is 0.0942. The van der Waals surface area contributed by atoms with Crippen molar-refractivity contribution in [2.75, 3.05) is 27.4 Å². The van der Waals surface area contributed by atoms with Crippen molar-refractivity contribution >= 4 is 16.8 Å². The zero-order chi connectivity index (χ0) is 21.6. The minimum atomic E-state index is -0.278. The maximum Gasteiger partial charge on any atom is 0.269 e. The molecular formula is C23H22N4O4. The predicted molar refractivity (Wildman–Crippen MR) is 117 cm³/mol. The number of pyridine rings is 1. The van der Waals surface area contributed by atoms with Crippen molar-refractivity contribution < 1.29 is 19.0 Å². The van der Waals surface area contributed by atoms with Crippen molar-refractivity contribution in [3.8, 4) is 28.5 Å². The Balaban J connectivity index is 1.37. The number of methoxy groups -OCH3 is 2. The molecule has 0 spiro atoms. The van der Waals surface area contributed by atoms with E-state index in [2.05, 4.69) is 20.5 Å². The second-order valence-corrected chi connectivity index (χ2v) is 6.67. The second-order valence-electron chi connectivity index (χ2n) is 6.67. The number of hydrogen-bond acceptors (Lipinski definition) is 6. The van der Waals surface area contributed by atoms with Gasteiger partial charge >= 0.3 is 0 Å². The van der Waals surface area contributed by atoms with Gasteiger partial charge in [-0.25, -0.2) is 0 Å². The first-order valence-electron chi connectivity index (χ1n) is 9.72. The predicted octanol–water partition coefficient (Wildman–Crippen LogP) is 3.45. The number of benzene rings is 2. The van der Waals surface area contributed by atoms with Gasteiger partial charge in [-0.1, -0.05) is 18.2 Å². The number of carbonyl (C=O) groups is 1. The Morgan fingerprint density at radius 1 is 1.03 bits per heavy atom. The third-order valence-electron chi connectivity index (χ3n) is 4.75. The van der Waals surface area contributed by atoms with Crippen LogP contribution in [0.3, 0.4) is 0 Å². The van der Waals surface area contributed by atoms with Crippen LogP contribution in [0.4, 0.5) is 0 Å². The van der Waals surface area contributed by atoms with Crippen LogP contribution in [-0.2, 0) is 0 Å². The molecule has 0 fully saturated rings. The summed E-state index contributed by atoms with van der Waals surface area (Å²) in [5.74, 6) is 1.71. The molecule has 2 aromatic heterocycles. The van der Waals surface area contributed by atoms with Gasteiger partial charge in [-0.05, 0) is 36.4 Å².